The molecule has 1 aromatic rings. The predicted molar refractivity (Wildman–Crippen MR) is 58.5 cm³/mol. The maximum atomic E-state index is 11.7. The molecular weight excluding hydrogens is 190 g/mol. The Morgan fingerprint density at radius 2 is 2.20 bits per heavy atom. The average molecular weight is 207 g/mol. The van der Waals surface area contributed by atoms with E-state index in [9.17, 15) is 4.79 Å². The van der Waals surface area contributed by atoms with E-state index in [0.717, 1.165) is 31.5 Å². The van der Waals surface area contributed by atoms with Crippen molar-refractivity contribution in [3.05, 3.63) is 24.0 Å². The Labute approximate surface area is 89.7 Å². The zero-order valence-corrected chi connectivity index (χ0v) is 8.83. The van der Waals surface area contributed by atoms with Crippen molar-refractivity contribution in [3.63, 3.8) is 0 Å². The lowest BCUT2D eigenvalue weighted by Crippen LogP contribution is -2.42. The van der Waals surface area contributed by atoms with Crippen molar-refractivity contribution in [2.45, 2.75) is 25.8 Å². The van der Waals surface area contributed by atoms with Crippen LogP contribution in [-0.4, -0.2) is 29.0 Å². The molecule has 1 aliphatic rings. The summed E-state index contributed by atoms with van der Waals surface area (Å²) in [6.45, 7) is 2.41. The van der Waals surface area contributed by atoms with Gasteiger partial charge in [0.1, 0.15) is 0 Å². The molecule has 0 atom stereocenters. The van der Waals surface area contributed by atoms with Gasteiger partial charge in [0.15, 0.2) is 0 Å². The fraction of sp³-hybridized carbons (Fsp3) is 0.545. The Bertz CT molecular complexity index is 302. The number of rotatable bonds is 2. The normalized spacial score (nSPS) is 16.4. The van der Waals surface area contributed by atoms with Crippen LogP contribution in [0.25, 0.3) is 0 Å². The summed E-state index contributed by atoms with van der Waals surface area (Å²) >= 11 is 0. The fourth-order valence-corrected chi connectivity index (χ4v) is 1.85. The smallest absolute Gasteiger partial charge is 0.317 e. The summed E-state index contributed by atoms with van der Waals surface area (Å²) in [5, 5.41) is 2.92. The summed E-state index contributed by atoms with van der Waals surface area (Å²) in [4.78, 5) is 16.6. The standard InChI is InChI=1S/C11H17N3O/c15-11(14-6-2-1-3-7-14)13-9-10-4-5-12-8-10/h4-5,8,12H,1-3,6-7,9H2,(H,13,15). The van der Waals surface area contributed by atoms with Gasteiger partial charge in [-0.3, -0.25) is 0 Å². The lowest BCUT2D eigenvalue weighted by atomic mass is 10.1. The number of aromatic amines is 1. The van der Waals surface area contributed by atoms with Crippen LogP contribution < -0.4 is 5.32 Å². The number of aromatic nitrogens is 1. The van der Waals surface area contributed by atoms with Gasteiger partial charge in [-0.1, -0.05) is 0 Å². The lowest BCUT2D eigenvalue weighted by Gasteiger charge is -2.26. The second kappa shape index (κ2) is 4.87. The first kappa shape index (κ1) is 10.1. The second-order valence-electron chi connectivity index (χ2n) is 3.93. The Kier molecular flexibility index (Phi) is 3.27. The quantitative estimate of drug-likeness (QED) is 0.762. The van der Waals surface area contributed by atoms with Crippen LogP contribution in [-0.2, 0) is 6.54 Å². The molecule has 1 fully saturated rings. The minimum atomic E-state index is 0.0656. The molecule has 0 saturated carbocycles. The number of amides is 2. The highest BCUT2D eigenvalue weighted by Gasteiger charge is 2.15. The molecule has 4 nitrogen and oxygen atoms in total. The van der Waals surface area contributed by atoms with Crippen LogP contribution in [0.1, 0.15) is 24.8 Å². The molecule has 1 saturated heterocycles. The Hall–Kier alpha value is -1.45. The van der Waals surface area contributed by atoms with Gasteiger partial charge >= 0.3 is 6.03 Å². The van der Waals surface area contributed by atoms with Crippen molar-refractivity contribution in [2.24, 2.45) is 0 Å². The van der Waals surface area contributed by atoms with Gasteiger partial charge in [-0.2, -0.15) is 0 Å². The molecule has 2 rings (SSSR count). The first-order valence-electron chi connectivity index (χ1n) is 5.51. The van der Waals surface area contributed by atoms with Crippen molar-refractivity contribution in [3.8, 4) is 0 Å². The Morgan fingerprint density at radius 3 is 2.87 bits per heavy atom. The molecule has 15 heavy (non-hydrogen) atoms. The fourth-order valence-electron chi connectivity index (χ4n) is 1.85. The Balaban J connectivity index is 1.76. The van der Waals surface area contributed by atoms with Crippen LogP contribution in [0.4, 0.5) is 4.79 Å². The summed E-state index contributed by atoms with van der Waals surface area (Å²) in [6.07, 6.45) is 7.29. The van der Waals surface area contributed by atoms with Crippen LogP contribution in [0.15, 0.2) is 18.5 Å². The molecule has 0 aliphatic carbocycles. The summed E-state index contributed by atoms with van der Waals surface area (Å²) in [5.74, 6) is 0. The van der Waals surface area contributed by atoms with E-state index in [1.54, 1.807) is 0 Å². The monoisotopic (exact) mass is 207 g/mol. The van der Waals surface area contributed by atoms with Crippen LogP contribution in [0.5, 0.6) is 0 Å². The van der Waals surface area contributed by atoms with Gasteiger partial charge in [0.2, 0.25) is 0 Å². The molecule has 0 bridgehead atoms. The predicted octanol–water partition coefficient (Wildman–Crippen LogP) is 1.71. The van der Waals surface area contributed by atoms with E-state index in [-0.39, 0.29) is 6.03 Å². The van der Waals surface area contributed by atoms with Crippen LogP contribution in [0.3, 0.4) is 0 Å². The highest BCUT2D eigenvalue weighted by atomic mass is 16.2. The van der Waals surface area contributed by atoms with E-state index in [4.69, 9.17) is 0 Å². The maximum Gasteiger partial charge on any atom is 0.317 e. The molecule has 82 valence electrons. The van der Waals surface area contributed by atoms with Crippen molar-refractivity contribution < 1.29 is 4.79 Å². The van der Waals surface area contributed by atoms with Gasteiger partial charge in [0.05, 0.1) is 0 Å². The van der Waals surface area contributed by atoms with Gasteiger partial charge < -0.3 is 15.2 Å². The molecule has 1 aromatic heterocycles. The third-order valence-electron chi connectivity index (χ3n) is 2.75. The maximum absolute atomic E-state index is 11.7. The molecule has 0 aromatic carbocycles. The topological polar surface area (TPSA) is 48.1 Å². The number of urea groups is 1. The number of hydrogen-bond acceptors (Lipinski definition) is 1. The van der Waals surface area contributed by atoms with E-state index < -0.39 is 0 Å². The summed E-state index contributed by atoms with van der Waals surface area (Å²) in [7, 11) is 0. The second-order valence-corrected chi connectivity index (χ2v) is 3.93. The minimum absolute atomic E-state index is 0.0656. The number of likely N-dealkylation sites (tertiary alicyclic amines) is 1. The molecule has 2 amide bonds. The molecule has 0 spiro atoms. The molecule has 0 unspecified atom stereocenters. The average Bonchev–Trinajstić information content (AvgIpc) is 2.80. The van der Waals surface area contributed by atoms with Crippen LogP contribution >= 0.6 is 0 Å². The molecule has 2 N–H and O–H groups in total. The lowest BCUT2D eigenvalue weighted by molar-refractivity contribution is 0.186. The number of hydrogen-bond donors (Lipinski definition) is 2. The minimum Gasteiger partial charge on any atom is -0.367 e. The molecule has 4 heteroatoms. The van der Waals surface area contributed by atoms with E-state index in [1.165, 1.54) is 6.42 Å². The largest absolute Gasteiger partial charge is 0.367 e. The number of carbonyl (C=O) groups excluding carboxylic acids is 1. The highest BCUT2D eigenvalue weighted by molar-refractivity contribution is 5.74. The zero-order valence-electron chi connectivity index (χ0n) is 8.83. The van der Waals surface area contributed by atoms with Crippen molar-refractivity contribution in [1.82, 2.24) is 15.2 Å². The van der Waals surface area contributed by atoms with Crippen LogP contribution in [0.2, 0.25) is 0 Å². The molecule has 0 radical (unpaired) electrons. The molecule has 1 aliphatic heterocycles. The van der Waals surface area contributed by atoms with Gasteiger partial charge in [-0.25, -0.2) is 4.79 Å². The summed E-state index contributed by atoms with van der Waals surface area (Å²) in [6, 6.07) is 2.03. The SMILES string of the molecule is O=C(NCc1cc[nH]c1)N1CCCCC1. The zero-order chi connectivity index (χ0) is 10.5. The number of nitrogens with zero attached hydrogens (tertiary/aromatic N) is 1. The number of carbonyl (C=O) groups is 1. The van der Waals surface area contributed by atoms with E-state index in [2.05, 4.69) is 10.3 Å². The van der Waals surface area contributed by atoms with E-state index >= 15 is 0 Å². The van der Waals surface area contributed by atoms with Gasteiger partial charge in [-0.05, 0) is 30.9 Å². The third-order valence-corrected chi connectivity index (χ3v) is 2.75. The number of nitrogens with one attached hydrogen (secondary N) is 2. The number of piperidine rings is 1. The van der Waals surface area contributed by atoms with E-state index in [0.29, 0.717) is 6.54 Å². The highest BCUT2D eigenvalue weighted by Crippen LogP contribution is 2.08. The first-order valence-corrected chi connectivity index (χ1v) is 5.51. The van der Waals surface area contributed by atoms with Crippen molar-refractivity contribution in [1.29, 1.82) is 0 Å². The summed E-state index contributed by atoms with van der Waals surface area (Å²) in [5.41, 5.74) is 1.11. The van der Waals surface area contributed by atoms with Crippen molar-refractivity contribution >= 4 is 6.03 Å². The van der Waals surface area contributed by atoms with E-state index in [1.807, 2.05) is 23.4 Å². The molecular formula is C11H17N3O. The first-order chi connectivity index (χ1) is 7.36. The van der Waals surface area contributed by atoms with Crippen LogP contribution in [0, 0.1) is 0 Å². The third kappa shape index (κ3) is 2.75. The van der Waals surface area contributed by atoms with Gasteiger partial charge in [0, 0.05) is 32.0 Å². The number of H-pyrrole nitrogens is 1. The summed E-state index contributed by atoms with van der Waals surface area (Å²) < 4.78 is 0. The van der Waals surface area contributed by atoms with Gasteiger partial charge in [0.25, 0.3) is 0 Å². The van der Waals surface area contributed by atoms with Gasteiger partial charge in [-0.15, -0.1) is 0 Å². The molecule has 2 heterocycles. The van der Waals surface area contributed by atoms with Crippen molar-refractivity contribution in [2.75, 3.05) is 13.1 Å². The Morgan fingerprint density at radius 1 is 1.40 bits per heavy atom.